The quantitative estimate of drug-likeness (QED) is 0.406. The monoisotopic (exact) mass is 471 g/mol. The molecule has 1 saturated heterocycles. The Kier molecular flexibility index (Phi) is 6.57. The molecule has 0 unspecified atom stereocenters. The molecule has 2 aliphatic rings. The van der Waals surface area contributed by atoms with E-state index >= 15 is 0 Å². The van der Waals surface area contributed by atoms with E-state index in [0.717, 1.165) is 44.7 Å². The highest BCUT2D eigenvalue weighted by Crippen LogP contribution is 2.48. The normalized spacial score (nSPS) is 16.0. The first-order chi connectivity index (χ1) is 16.2. The second kappa shape index (κ2) is 9.91. The SMILES string of the molecule is Nc1ccc(Oc2ccnc3cc(OCCCN4CCOCC4)c4c(c23)OCCO4)cc1Cl. The van der Waals surface area contributed by atoms with Gasteiger partial charge in [-0.2, -0.15) is 0 Å². The number of morpholine rings is 1. The maximum absolute atomic E-state index is 6.16. The van der Waals surface area contributed by atoms with Gasteiger partial charge in [-0.1, -0.05) is 11.6 Å². The van der Waals surface area contributed by atoms with E-state index in [1.54, 1.807) is 30.5 Å². The Labute approximate surface area is 197 Å². The highest BCUT2D eigenvalue weighted by atomic mass is 35.5. The first-order valence-corrected chi connectivity index (χ1v) is 11.4. The number of rotatable bonds is 7. The van der Waals surface area contributed by atoms with Gasteiger partial charge in [-0.25, -0.2) is 0 Å². The van der Waals surface area contributed by atoms with Crippen LogP contribution in [0.5, 0.6) is 28.7 Å². The number of anilines is 1. The van der Waals surface area contributed by atoms with Crippen molar-refractivity contribution in [1.29, 1.82) is 0 Å². The van der Waals surface area contributed by atoms with Crippen LogP contribution >= 0.6 is 11.6 Å². The highest BCUT2D eigenvalue weighted by molar-refractivity contribution is 6.33. The van der Waals surface area contributed by atoms with E-state index in [-0.39, 0.29) is 0 Å². The second-order valence-electron chi connectivity index (χ2n) is 7.87. The first-order valence-electron chi connectivity index (χ1n) is 11.1. The maximum Gasteiger partial charge on any atom is 0.204 e. The molecule has 2 N–H and O–H groups in total. The summed E-state index contributed by atoms with van der Waals surface area (Å²) < 4.78 is 29.6. The predicted molar refractivity (Wildman–Crippen MR) is 126 cm³/mol. The number of pyridine rings is 1. The van der Waals surface area contributed by atoms with Crippen LogP contribution in [-0.2, 0) is 4.74 Å². The smallest absolute Gasteiger partial charge is 0.204 e. The molecule has 0 aliphatic carbocycles. The van der Waals surface area contributed by atoms with Gasteiger partial charge in [0.25, 0.3) is 0 Å². The third-order valence-corrected chi connectivity index (χ3v) is 5.95. The van der Waals surface area contributed by atoms with Gasteiger partial charge in [0.15, 0.2) is 11.5 Å². The zero-order valence-corrected chi connectivity index (χ0v) is 19.0. The Morgan fingerprint density at radius 1 is 1.00 bits per heavy atom. The summed E-state index contributed by atoms with van der Waals surface area (Å²) in [5, 5.41) is 1.15. The van der Waals surface area contributed by atoms with Crippen LogP contribution in [0.2, 0.25) is 5.02 Å². The van der Waals surface area contributed by atoms with Crippen LogP contribution in [0.15, 0.2) is 36.5 Å². The van der Waals surface area contributed by atoms with Gasteiger partial charge in [0.1, 0.15) is 24.7 Å². The highest BCUT2D eigenvalue weighted by Gasteiger charge is 2.24. The molecule has 3 heterocycles. The number of hydrogen-bond donors (Lipinski definition) is 1. The summed E-state index contributed by atoms with van der Waals surface area (Å²) >= 11 is 6.16. The number of nitrogens with two attached hydrogens (primary N) is 1. The van der Waals surface area contributed by atoms with Gasteiger partial charge in [0.05, 0.1) is 41.4 Å². The maximum atomic E-state index is 6.16. The third-order valence-electron chi connectivity index (χ3n) is 5.62. The van der Waals surface area contributed by atoms with E-state index in [2.05, 4.69) is 9.88 Å². The molecule has 0 amide bonds. The molecule has 1 aromatic heterocycles. The van der Waals surface area contributed by atoms with Gasteiger partial charge in [-0.15, -0.1) is 0 Å². The van der Waals surface area contributed by atoms with Crippen molar-refractivity contribution in [2.24, 2.45) is 0 Å². The fourth-order valence-corrected chi connectivity index (χ4v) is 4.13. The summed E-state index contributed by atoms with van der Waals surface area (Å²) in [6.45, 7) is 5.95. The van der Waals surface area contributed by atoms with E-state index in [1.165, 1.54) is 0 Å². The number of hydrogen-bond acceptors (Lipinski definition) is 8. The summed E-state index contributed by atoms with van der Waals surface area (Å²) in [6.07, 6.45) is 2.59. The number of nitrogen functional groups attached to an aromatic ring is 1. The van der Waals surface area contributed by atoms with Crippen LogP contribution < -0.4 is 24.7 Å². The van der Waals surface area contributed by atoms with Crippen molar-refractivity contribution >= 4 is 28.2 Å². The standard InChI is InChI=1S/C24H26ClN3O5/c25-17-14-16(2-3-18(17)26)33-20-4-5-27-19-15-21(23-24(22(19)20)32-13-12-31-23)30-9-1-6-28-7-10-29-11-8-28/h2-5,14-15H,1,6-13,26H2. The second-order valence-corrected chi connectivity index (χ2v) is 8.28. The number of aromatic nitrogens is 1. The molecule has 2 aromatic carbocycles. The summed E-state index contributed by atoms with van der Waals surface area (Å²) in [4.78, 5) is 6.91. The molecule has 9 heteroatoms. The van der Waals surface area contributed by atoms with Gasteiger partial charge >= 0.3 is 0 Å². The summed E-state index contributed by atoms with van der Waals surface area (Å²) in [5.41, 5.74) is 7.01. The molecule has 1 fully saturated rings. The van der Waals surface area contributed by atoms with Gasteiger partial charge in [-0.3, -0.25) is 9.88 Å². The molecule has 0 atom stereocenters. The fourth-order valence-electron chi connectivity index (χ4n) is 3.96. The number of nitrogens with zero attached hydrogens (tertiary/aromatic N) is 2. The molecule has 5 rings (SSSR count). The Morgan fingerprint density at radius 2 is 1.82 bits per heavy atom. The minimum absolute atomic E-state index is 0.431. The number of ether oxygens (including phenoxy) is 5. The molecule has 8 nitrogen and oxygen atoms in total. The largest absolute Gasteiger partial charge is 0.489 e. The Bertz CT molecular complexity index is 1140. The van der Waals surface area contributed by atoms with Crippen LogP contribution in [0.3, 0.4) is 0 Å². The van der Waals surface area contributed by atoms with E-state index in [1.807, 2.05) is 6.07 Å². The molecule has 2 aliphatic heterocycles. The van der Waals surface area contributed by atoms with E-state index in [4.69, 9.17) is 41.0 Å². The van der Waals surface area contributed by atoms with Crippen LogP contribution in [0.4, 0.5) is 5.69 Å². The number of fused-ring (bicyclic) bond motifs is 3. The van der Waals surface area contributed by atoms with Crippen molar-refractivity contribution in [2.45, 2.75) is 6.42 Å². The Hall–Kier alpha value is -2.94. The minimum Gasteiger partial charge on any atom is -0.489 e. The predicted octanol–water partition coefficient (Wildman–Crippen LogP) is 4.14. The summed E-state index contributed by atoms with van der Waals surface area (Å²) in [5.74, 6) is 2.93. The van der Waals surface area contributed by atoms with Crippen molar-refractivity contribution in [3.8, 4) is 28.7 Å². The third kappa shape index (κ3) is 4.88. The van der Waals surface area contributed by atoms with Gasteiger partial charge in [0.2, 0.25) is 5.75 Å². The molecular weight excluding hydrogens is 446 g/mol. The summed E-state index contributed by atoms with van der Waals surface area (Å²) in [7, 11) is 0. The molecule has 33 heavy (non-hydrogen) atoms. The zero-order chi connectivity index (χ0) is 22.6. The van der Waals surface area contributed by atoms with Crippen molar-refractivity contribution in [3.63, 3.8) is 0 Å². The van der Waals surface area contributed by atoms with Gasteiger partial charge in [0, 0.05) is 38.0 Å². The lowest BCUT2D eigenvalue weighted by Gasteiger charge is -2.26. The molecule has 174 valence electrons. The van der Waals surface area contributed by atoms with Crippen molar-refractivity contribution < 1.29 is 23.7 Å². The number of halogens is 1. The van der Waals surface area contributed by atoms with E-state index in [9.17, 15) is 0 Å². The lowest BCUT2D eigenvalue weighted by molar-refractivity contribution is 0.0357. The van der Waals surface area contributed by atoms with Crippen LogP contribution in [0.1, 0.15) is 6.42 Å². The first kappa shape index (κ1) is 21.9. The van der Waals surface area contributed by atoms with Crippen LogP contribution in [-0.4, -0.2) is 62.6 Å². The summed E-state index contributed by atoms with van der Waals surface area (Å²) in [6, 6.07) is 8.81. The lowest BCUT2D eigenvalue weighted by atomic mass is 10.1. The van der Waals surface area contributed by atoms with Crippen LogP contribution in [0, 0.1) is 0 Å². The average molecular weight is 472 g/mol. The number of benzene rings is 2. The van der Waals surface area contributed by atoms with E-state index < -0.39 is 0 Å². The average Bonchev–Trinajstić information content (AvgIpc) is 2.85. The van der Waals surface area contributed by atoms with Crippen molar-refractivity contribution in [1.82, 2.24) is 9.88 Å². The van der Waals surface area contributed by atoms with Gasteiger partial charge in [-0.05, 0) is 24.6 Å². The molecule has 0 radical (unpaired) electrons. The van der Waals surface area contributed by atoms with Crippen molar-refractivity contribution in [3.05, 3.63) is 41.6 Å². The Balaban J connectivity index is 1.39. The Morgan fingerprint density at radius 3 is 2.64 bits per heavy atom. The van der Waals surface area contributed by atoms with Crippen molar-refractivity contribution in [2.75, 3.05) is 58.4 Å². The lowest BCUT2D eigenvalue weighted by Crippen LogP contribution is -2.37. The molecule has 0 spiro atoms. The van der Waals surface area contributed by atoms with Gasteiger partial charge < -0.3 is 29.4 Å². The molecule has 0 saturated carbocycles. The molecular formula is C24H26ClN3O5. The van der Waals surface area contributed by atoms with Crippen LogP contribution in [0.25, 0.3) is 10.9 Å². The fraction of sp³-hybridized carbons (Fsp3) is 0.375. The zero-order valence-electron chi connectivity index (χ0n) is 18.2. The molecule has 0 bridgehead atoms. The van der Waals surface area contributed by atoms with E-state index in [0.29, 0.717) is 64.8 Å². The minimum atomic E-state index is 0.431. The molecule has 3 aromatic rings. The topological polar surface area (TPSA) is 88.3 Å².